The van der Waals surface area contributed by atoms with Crippen LogP contribution < -0.4 is 5.32 Å². The molecule has 0 bridgehead atoms. The quantitative estimate of drug-likeness (QED) is 0.584. The second kappa shape index (κ2) is 26.6. The predicted molar refractivity (Wildman–Crippen MR) is 127 cm³/mol. The molecule has 0 aromatic heterocycles. The summed E-state index contributed by atoms with van der Waals surface area (Å²) in [6.07, 6.45) is 6.61. The molecule has 1 unspecified atom stereocenters. The molecule has 2 aliphatic rings. The first-order valence-electron chi connectivity index (χ1n) is 11.9. The number of nitrogens with zero attached hydrogens (tertiary/aromatic N) is 1. The first kappa shape index (κ1) is 35.1. The molecule has 2 rings (SSSR count). The van der Waals surface area contributed by atoms with Crippen molar-refractivity contribution in [3.63, 3.8) is 0 Å². The number of hydrogen-bond donors (Lipinski definition) is 1. The monoisotopic (exact) mass is 416 g/mol. The number of aldehydes is 1. The van der Waals surface area contributed by atoms with Crippen LogP contribution in [0.3, 0.4) is 0 Å². The van der Waals surface area contributed by atoms with Crippen LogP contribution in [0.4, 0.5) is 0 Å². The zero-order chi connectivity index (χ0) is 23.8. The summed E-state index contributed by atoms with van der Waals surface area (Å²) in [6.45, 7) is 22.7. The van der Waals surface area contributed by atoms with Gasteiger partial charge < -0.3 is 15.0 Å². The number of nitrogens with one attached hydrogen (secondary N) is 1. The molecule has 5 nitrogen and oxygen atoms in total. The van der Waals surface area contributed by atoms with E-state index in [1.165, 1.54) is 24.2 Å². The van der Waals surface area contributed by atoms with Gasteiger partial charge in [0, 0.05) is 12.5 Å². The lowest BCUT2D eigenvalue weighted by atomic mass is 10.2. The van der Waals surface area contributed by atoms with Crippen LogP contribution in [0, 0.1) is 11.8 Å². The number of hydrogen-bond acceptors (Lipinski definition) is 3. The lowest BCUT2D eigenvalue weighted by Crippen LogP contribution is -2.43. The second-order valence-corrected chi connectivity index (χ2v) is 6.69. The maximum absolute atomic E-state index is 11.7. The normalized spacial score (nSPS) is 15.9. The van der Waals surface area contributed by atoms with Gasteiger partial charge in [-0.2, -0.15) is 0 Å². The summed E-state index contributed by atoms with van der Waals surface area (Å²) in [5.74, 6) is 0.632. The largest absolute Gasteiger partial charge is 0.347 e. The van der Waals surface area contributed by atoms with Crippen LogP contribution in [0.15, 0.2) is 0 Å². The molecule has 2 amide bonds. The van der Waals surface area contributed by atoms with Crippen LogP contribution in [0.5, 0.6) is 0 Å². The fourth-order valence-corrected chi connectivity index (χ4v) is 1.88. The van der Waals surface area contributed by atoms with E-state index in [2.05, 4.69) is 26.1 Å². The molecule has 1 aliphatic heterocycles. The van der Waals surface area contributed by atoms with Gasteiger partial charge in [-0.25, -0.2) is 0 Å². The number of rotatable bonds is 4. The molecule has 1 atom stereocenters. The topological polar surface area (TPSA) is 66.5 Å². The van der Waals surface area contributed by atoms with Crippen molar-refractivity contribution >= 4 is 18.1 Å². The van der Waals surface area contributed by atoms with Crippen molar-refractivity contribution < 1.29 is 14.4 Å². The zero-order valence-electron chi connectivity index (χ0n) is 21.4. The van der Waals surface area contributed by atoms with Gasteiger partial charge in [-0.1, -0.05) is 95.4 Å². The van der Waals surface area contributed by atoms with E-state index < -0.39 is 0 Å². The van der Waals surface area contributed by atoms with Crippen molar-refractivity contribution in [3.8, 4) is 0 Å². The minimum atomic E-state index is -0.302. The minimum Gasteiger partial charge on any atom is -0.347 e. The first-order chi connectivity index (χ1) is 13.9. The van der Waals surface area contributed by atoms with Crippen LogP contribution in [0.2, 0.25) is 0 Å². The molecule has 0 radical (unpaired) electrons. The summed E-state index contributed by atoms with van der Waals surface area (Å²) in [5, 5.41) is 2.56. The van der Waals surface area contributed by atoms with Gasteiger partial charge in [0.2, 0.25) is 11.8 Å². The highest BCUT2D eigenvalue weighted by atomic mass is 16.2. The highest BCUT2D eigenvalue weighted by molar-refractivity contribution is 5.87. The Kier molecular flexibility index (Phi) is 32.2. The molecule has 0 aromatic rings. The van der Waals surface area contributed by atoms with Crippen LogP contribution in [0.1, 0.15) is 108 Å². The van der Waals surface area contributed by atoms with Crippen LogP contribution in [-0.2, 0) is 14.4 Å². The SMILES string of the molecule is CC.CC.CC.CC(C)C(=O)NCC(=O)N1CCCC1C=O.CC1CC1.CCC. The molecule has 1 saturated heterocycles. The number of likely N-dealkylation sites (tertiary alicyclic amines) is 1. The average Bonchev–Trinajstić information content (AvgIpc) is 3.38. The summed E-state index contributed by atoms with van der Waals surface area (Å²) in [4.78, 5) is 35.2. The van der Waals surface area contributed by atoms with E-state index in [9.17, 15) is 14.4 Å². The Morgan fingerprint density at radius 3 is 1.72 bits per heavy atom. The molecule has 5 heteroatoms. The van der Waals surface area contributed by atoms with Crippen LogP contribution >= 0.6 is 0 Å². The third kappa shape index (κ3) is 22.8. The van der Waals surface area contributed by atoms with E-state index in [4.69, 9.17) is 0 Å². The average molecular weight is 417 g/mol. The van der Waals surface area contributed by atoms with Crippen molar-refractivity contribution in [2.24, 2.45) is 11.8 Å². The van der Waals surface area contributed by atoms with Crippen molar-refractivity contribution in [1.29, 1.82) is 0 Å². The minimum absolute atomic E-state index is 0.0125. The molecular formula is C24H52N2O3. The number of carbonyl (C=O) groups excluding carboxylic acids is 3. The second-order valence-electron chi connectivity index (χ2n) is 6.69. The molecule has 0 spiro atoms. The van der Waals surface area contributed by atoms with Crippen molar-refractivity contribution in [2.45, 2.75) is 114 Å². The highest BCUT2D eigenvalue weighted by Gasteiger charge is 2.28. The van der Waals surface area contributed by atoms with Gasteiger partial charge in [0.25, 0.3) is 0 Å². The van der Waals surface area contributed by atoms with Gasteiger partial charge in [0.15, 0.2) is 0 Å². The Morgan fingerprint density at radius 2 is 1.41 bits per heavy atom. The van der Waals surface area contributed by atoms with Gasteiger partial charge in [-0.3, -0.25) is 9.59 Å². The van der Waals surface area contributed by atoms with Gasteiger partial charge >= 0.3 is 0 Å². The molecular weight excluding hydrogens is 364 g/mol. The molecule has 2 fully saturated rings. The fourth-order valence-electron chi connectivity index (χ4n) is 1.88. The Balaban J connectivity index is -0.000000197. The highest BCUT2D eigenvalue weighted by Crippen LogP contribution is 2.26. The van der Waals surface area contributed by atoms with E-state index in [0.29, 0.717) is 6.54 Å². The summed E-state index contributed by atoms with van der Waals surface area (Å²) in [5.41, 5.74) is 0. The van der Waals surface area contributed by atoms with Gasteiger partial charge in [0.05, 0.1) is 12.6 Å². The Morgan fingerprint density at radius 1 is 1.00 bits per heavy atom. The first-order valence-corrected chi connectivity index (χ1v) is 11.9. The predicted octanol–water partition coefficient (Wildman–Crippen LogP) is 5.86. The van der Waals surface area contributed by atoms with E-state index in [1.54, 1.807) is 13.8 Å². The zero-order valence-corrected chi connectivity index (χ0v) is 21.4. The van der Waals surface area contributed by atoms with E-state index in [1.807, 2.05) is 41.5 Å². The lowest BCUT2D eigenvalue weighted by Gasteiger charge is -2.20. The van der Waals surface area contributed by atoms with E-state index in [-0.39, 0.29) is 30.3 Å². The molecule has 0 aromatic carbocycles. The number of amides is 2. The van der Waals surface area contributed by atoms with Crippen molar-refractivity contribution in [2.75, 3.05) is 13.1 Å². The summed E-state index contributed by atoms with van der Waals surface area (Å²) >= 11 is 0. The van der Waals surface area contributed by atoms with E-state index >= 15 is 0 Å². The summed E-state index contributed by atoms with van der Waals surface area (Å²) < 4.78 is 0. The molecule has 1 heterocycles. The molecule has 176 valence electrons. The third-order valence-corrected chi connectivity index (χ3v) is 3.58. The molecule has 1 N–H and O–H groups in total. The van der Waals surface area contributed by atoms with E-state index in [0.717, 1.165) is 25.0 Å². The molecule has 1 aliphatic carbocycles. The Bertz CT molecular complexity index is 367. The Hall–Kier alpha value is -1.39. The van der Waals surface area contributed by atoms with Gasteiger partial charge in [-0.05, 0) is 18.8 Å². The smallest absolute Gasteiger partial charge is 0.242 e. The van der Waals surface area contributed by atoms with Gasteiger partial charge in [-0.15, -0.1) is 0 Å². The van der Waals surface area contributed by atoms with Crippen LogP contribution in [-0.4, -0.2) is 42.1 Å². The third-order valence-electron chi connectivity index (χ3n) is 3.58. The fraction of sp³-hybridized carbons (Fsp3) is 0.875. The molecule has 29 heavy (non-hydrogen) atoms. The lowest BCUT2D eigenvalue weighted by molar-refractivity contribution is -0.135. The maximum atomic E-state index is 11.7. The van der Waals surface area contributed by atoms with Crippen molar-refractivity contribution in [1.82, 2.24) is 10.2 Å². The number of carbonyl (C=O) groups is 3. The molecule has 1 saturated carbocycles. The maximum Gasteiger partial charge on any atom is 0.242 e. The Labute approximate surface area is 182 Å². The van der Waals surface area contributed by atoms with Crippen LogP contribution in [0.25, 0.3) is 0 Å². The van der Waals surface area contributed by atoms with Gasteiger partial charge in [0.1, 0.15) is 6.29 Å². The standard InChI is InChI=1S/C11H18N2O3.C4H8.C3H8.3C2H6/c1-8(2)11(16)12-6-10(15)13-5-3-4-9(13)7-14;1-4-2-3-4;1-3-2;3*1-2/h7-9H,3-6H2,1-2H3,(H,12,16);4H,2-3H2,1H3;3H2,1-2H3;3*1-2H3. The summed E-state index contributed by atoms with van der Waals surface area (Å²) in [7, 11) is 0. The summed E-state index contributed by atoms with van der Waals surface area (Å²) in [6, 6.07) is -0.302. The van der Waals surface area contributed by atoms with Crippen molar-refractivity contribution in [3.05, 3.63) is 0 Å².